The summed E-state index contributed by atoms with van der Waals surface area (Å²) in [5.74, 6) is 1.40. The summed E-state index contributed by atoms with van der Waals surface area (Å²) < 4.78 is 6.24. The number of pyridine rings is 2. The van der Waals surface area contributed by atoms with E-state index in [1.807, 2.05) is 55.3 Å². The zero-order valence-corrected chi connectivity index (χ0v) is 20.3. The largest absolute Gasteiger partial charge is 0.487 e. The zero-order chi connectivity index (χ0) is 23.4. The Bertz CT molecular complexity index is 1190. The Morgan fingerprint density at radius 1 is 1.27 bits per heavy atom. The molecule has 0 amide bonds. The number of ether oxygens (including phenoxy) is 1. The standard InChI is InChI=1S/C25H27Cl2N5O/c1-4-11-31(5-2)21-14-17(3)30-24-18(21)7-6-8-22(24)33-16-19-20(26)15-29-25(23(19)27)32-12-9-28-10-13-32/h4-8,11,14-15,28H,2,9-10,12-13,16H2,1,3H3/b11-4-. The van der Waals surface area contributed by atoms with E-state index < -0.39 is 0 Å². The van der Waals surface area contributed by atoms with Gasteiger partial charge in [-0.05, 0) is 26.0 Å². The molecule has 8 heteroatoms. The molecule has 1 aliphatic heterocycles. The molecule has 6 nitrogen and oxygen atoms in total. The van der Waals surface area contributed by atoms with E-state index in [0.29, 0.717) is 21.4 Å². The fraction of sp³-hybridized carbons (Fsp3) is 0.280. The first-order valence-corrected chi connectivity index (χ1v) is 11.6. The Balaban J connectivity index is 1.68. The summed E-state index contributed by atoms with van der Waals surface area (Å²) in [6.07, 6.45) is 7.35. The number of piperazine rings is 1. The molecule has 2 aromatic heterocycles. The number of allylic oxidation sites excluding steroid dienone is 1. The van der Waals surface area contributed by atoms with Crippen LogP contribution in [0.5, 0.6) is 5.75 Å². The van der Waals surface area contributed by atoms with Gasteiger partial charge in [0, 0.05) is 61.4 Å². The van der Waals surface area contributed by atoms with Crippen molar-refractivity contribution < 1.29 is 4.74 Å². The maximum atomic E-state index is 6.75. The average molecular weight is 484 g/mol. The van der Waals surface area contributed by atoms with Gasteiger partial charge < -0.3 is 19.9 Å². The number of hydrogen-bond acceptors (Lipinski definition) is 6. The highest BCUT2D eigenvalue weighted by Crippen LogP contribution is 2.36. The lowest BCUT2D eigenvalue weighted by Gasteiger charge is -2.29. The quantitative estimate of drug-likeness (QED) is 0.463. The van der Waals surface area contributed by atoms with Crippen LogP contribution in [0.4, 0.5) is 11.5 Å². The van der Waals surface area contributed by atoms with E-state index in [1.54, 1.807) is 12.4 Å². The molecule has 0 atom stereocenters. The maximum absolute atomic E-state index is 6.75. The first-order valence-electron chi connectivity index (χ1n) is 10.9. The first kappa shape index (κ1) is 23.4. The van der Waals surface area contributed by atoms with Gasteiger partial charge >= 0.3 is 0 Å². The van der Waals surface area contributed by atoms with Crippen molar-refractivity contribution in [1.82, 2.24) is 15.3 Å². The number of hydrogen-bond donors (Lipinski definition) is 1. The number of fused-ring (bicyclic) bond motifs is 1. The Morgan fingerprint density at radius 3 is 2.79 bits per heavy atom. The third kappa shape index (κ3) is 4.93. The third-order valence-electron chi connectivity index (χ3n) is 5.53. The van der Waals surface area contributed by atoms with Crippen molar-refractivity contribution >= 4 is 45.6 Å². The van der Waals surface area contributed by atoms with Crippen LogP contribution < -0.4 is 19.9 Å². The molecular formula is C25H27Cl2N5O. The van der Waals surface area contributed by atoms with Crippen molar-refractivity contribution in [1.29, 1.82) is 0 Å². The Labute approximate surface area is 204 Å². The van der Waals surface area contributed by atoms with E-state index in [2.05, 4.69) is 21.8 Å². The molecule has 1 N–H and O–H groups in total. The van der Waals surface area contributed by atoms with E-state index in [4.69, 9.17) is 32.9 Å². The maximum Gasteiger partial charge on any atom is 0.147 e. The highest BCUT2D eigenvalue weighted by molar-refractivity contribution is 6.37. The minimum atomic E-state index is 0.212. The first-order chi connectivity index (χ1) is 16.0. The molecule has 3 aromatic rings. The van der Waals surface area contributed by atoms with E-state index in [1.165, 1.54) is 0 Å². The van der Waals surface area contributed by atoms with Gasteiger partial charge in [-0.1, -0.05) is 48.0 Å². The predicted octanol–water partition coefficient (Wildman–Crippen LogP) is 5.72. The second-order valence-corrected chi connectivity index (χ2v) is 8.54. The van der Waals surface area contributed by atoms with E-state index >= 15 is 0 Å². The van der Waals surface area contributed by atoms with Gasteiger partial charge in [-0.15, -0.1) is 0 Å². The molecule has 4 rings (SSSR count). The van der Waals surface area contributed by atoms with Crippen molar-refractivity contribution in [2.75, 3.05) is 36.0 Å². The second kappa shape index (κ2) is 10.4. The minimum Gasteiger partial charge on any atom is -0.487 e. The Kier molecular flexibility index (Phi) is 7.38. The number of nitrogens with zero attached hydrogens (tertiary/aromatic N) is 4. The van der Waals surface area contributed by atoms with Crippen LogP contribution in [0.25, 0.3) is 10.9 Å². The van der Waals surface area contributed by atoms with Crippen molar-refractivity contribution in [2.45, 2.75) is 20.5 Å². The average Bonchev–Trinajstić information content (AvgIpc) is 2.82. The number of para-hydroxylation sites is 1. The van der Waals surface area contributed by atoms with Crippen LogP contribution >= 0.6 is 23.2 Å². The number of halogens is 2. The summed E-state index contributed by atoms with van der Waals surface area (Å²) in [5.41, 5.74) is 3.35. The van der Waals surface area contributed by atoms with Crippen LogP contribution in [0.1, 0.15) is 18.2 Å². The zero-order valence-electron chi connectivity index (χ0n) is 18.8. The lowest BCUT2D eigenvalue weighted by Crippen LogP contribution is -2.44. The summed E-state index contributed by atoms with van der Waals surface area (Å²) in [4.78, 5) is 13.4. The minimum absolute atomic E-state index is 0.212. The van der Waals surface area contributed by atoms with Crippen LogP contribution in [0, 0.1) is 6.92 Å². The van der Waals surface area contributed by atoms with Gasteiger partial charge in [-0.2, -0.15) is 0 Å². The van der Waals surface area contributed by atoms with Crippen molar-refractivity contribution in [2.24, 2.45) is 0 Å². The SMILES string of the molecule is C=CN(/C=C\C)c1cc(C)nc2c(OCc3c(Cl)cnc(N4CCNCC4)c3Cl)cccc12. The van der Waals surface area contributed by atoms with Crippen LogP contribution in [0.15, 0.2) is 55.5 Å². The normalized spacial score (nSPS) is 14.1. The molecule has 1 aliphatic rings. The topological polar surface area (TPSA) is 53.5 Å². The fourth-order valence-electron chi connectivity index (χ4n) is 3.93. The van der Waals surface area contributed by atoms with E-state index in [9.17, 15) is 0 Å². The van der Waals surface area contributed by atoms with Gasteiger partial charge in [0.15, 0.2) is 0 Å². The fourth-order valence-corrected chi connectivity index (χ4v) is 4.50. The van der Waals surface area contributed by atoms with Gasteiger partial charge in [-0.3, -0.25) is 0 Å². The summed E-state index contributed by atoms with van der Waals surface area (Å²) in [6.45, 7) is 11.6. The number of aromatic nitrogens is 2. The molecule has 1 saturated heterocycles. The molecule has 0 aliphatic carbocycles. The van der Waals surface area contributed by atoms with Crippen molar-refractivity contribution in [3.05, 3.63) is 76.8 Å². The number of rotatable bonds is 7. The lowest BCUT2D eigenvalue weighted by atomic mass is 10.1. The molecule has 3 heterocycles. The summed E-state index contributed by atoms with van der Waals surface area (Å²) >= 11 is 13.2. The van der Waals surface area contributed by atoms with Crippen LogP contribution in [0.3, 0.4) is 0 Å². The highest BCUT2D eigenvalue weighted by atomic mass is 35.5. The van der Waals surface area contributed by atoms with Crippen LogP contribution in [-0.4, -0.2) is 36.1 Å². The van der Waals surface area contributed by atoms with Crippen LogP contribution in [-0.2, 0) is 6.61 Å². The summed E-state index contributed by atoms with van der Waals surface area (Å²) in [7, 11) is 0. The van der Waals surface area contributed by atoms with Crippen molar-refractivity contribution in [3.8, 4) is 5.75 Å². The van der Waals surface area contributed by atoms with Gasteiger partial charge in [0.2, 0.25) is 0 Å². The Morgan fingerprint density at radius 2 is 2.06 bits per heavy atom. The monoisotopic (exact) mass is 483 g/mol. The predicted molar refractivity (Wildman–Crippen MR) is 138 cm³/mol. The van der Waals surface area contributed by atoms with Gasteiger partial charge in [0.05, 0.1) is 15.7 Å². The molecule has 0 radical (unpaired) electrons. The number of aryl methyl sites for hydroxylation is 1. The lowest BCUT2D eigenvalue weighted by molar-refractivity contribution is 0.309. The molecule has 172 valence electrons. The van der Waals surface area contributed by atoms with E-state index in [-0.39, 0.29) is 6.61 Å². The van der Waals surface area contributed by atoms with Crippen LogP contribution in [0.2, 0.25) is 10.0 Å². The molecule has 0 spiro atoms. The Hall–Kier alpha value is -2.80. The molecule has 1 fully saturated rings. The van der Waals surface area contributed by atoms with Gasteiger partial charge in [0.1, 0.15) is 23.7 Å². The molecule has 1 aromatic carbocycles. The van der Waals surface area contributed by atoms with Gasteiger partial charge in [-0.25, -0.2) is 9.97 Å². The molecular weight excluding hydrogens is 457 g/mol. The molecule has 0 bridgehead atoms. The molecule has 0 saturated carbocycles. The van der Waals surface area contributed by atoms with E-state index in [0.717, 1.165) is 54.3 Å². The smallest absolute Gasteiger partial charge is 0.147 e. The number of nitrogens with one attached hydrogen (secondary N) is 1. The third-order valence-corrected chi connectivity index (χ3v) is 6.25. The molecule has 0 unspecified atom stereocenters. The molecule has 33 heavy (non-hydrogen) atoms. The van der Waals surface area contributed by atoms with Crippen molar-refractivity contribution in [3.63, 3.8) is 0 Å². The summed E-state index contributed by atoms with van der Waals surface area (Å²) in [6, 6.07) is 7.92. The number of benzene rings is 1. The second-order valence-electron chi connectivity index (χ2n) is 7.76. The highest BCUT2D eigenvalue weighted by Gasteiger charge is 2.20. The summed E-state index contributed by atoms with van der Waals surface area (Å²) in [5, 5.41) is 5.31. The number of anilines is 2. The van der Waals surface area contributed by atoms with Gasteiger partial charge in [0.25, 0.3) is 0 Å².